The summed E-state index contributed by atoms with van der Waals surface area (Å²) in [5.74, 6) is 0.840. The van der Waals surface area contributed by atoms with Gasteiger partial charge in [-0.3, -0.25) is 4.79 Å². The van der Waals surface area contributed by atoms with E-state index in [1.807, 2.05) is 6.07 Å². The van der Waals surface area contributed by atoms with Gasteiger partial charge in [0.1, 0.15) is 0 Å². The standard InChI is InChI=1S/C18H26N2O/c21-18(13-15-11-16-8-9-17(12-15)20-16)19-10-4-7-14-5-2-1-3-6-14/h1-3,5-6,15-17,20H,4,7-13H2,(H,19,21). The molecule has 1 amide bonds. The van der Waals surface area contributed by atoms with Crippen LogP contribution in [0.1, 0.15) is 44.1 Å². The molecule has 2 saturated heterocycles. The summed E-state index contributed by atoms with van der Waals surface area (Å²) in [6, 6.07) is 11.8. The van der Waals surface area contributed by atoms with Crippen molar-refractivity contribution in [3.8, 4) is 0 Å². The fourth-order valence-electron chi connectivity index (χ4n) is 3.84. The van der Waals surface area contributed by atoms with Crippen molar-refractivity contribution < 1.29 is 4.79 Å². The molecule has 2 N–H and O–H groups in total. The van der Waals surface area contributed by atoms with Gasteiger partial charge in [0.2, 0.25) is 5.91 Å². The summed E-state index contributed by atoms with van der Waals surface area (Å²) in [7, 11) is 0. The number of nitrogens with one attached hydrogen (secondary N) is 2. The zero-order chi connectivity index (χ0) is 14.5. The van der Waals surface area contributed by atoms with Gasteiger partial charge in [0, 0.05) is 25.0 Å². The van der Waals surface area contributed by atoms with E-state index in [1.165, 1.54) is 31.2 Å². The maximum Gasteiger partial charge on any atom is 0.220 e. The van der Waals surface area contributed by atoms with Crippen LogP contribution in [-0.2, 0) is 11.2 Å². The molecule has 114 valence electrons. The molecule has 2 fully saturated rings. The minimum absolute atomic E-state index is 0.245. The Labute approximate surface area is 127 Å². The van der Waals surface area contributed by atoms with E-state index in [4.69, 9.17) is 0 Å². The number of piperidine rings is 1. The molecule has 1 aromatic rings. The zero-order valence-corrected chi connectivity index (χ0v) is 12.7. The lowest BCUT2D eigenvalue weighted by Gasteiger charge is -2.28. The van der Waals surface area contributed by atoms with Crippen molar-refractivity contribution in [2.45, 2.75) is 57.0 Å². The average Bonchev–Trinajstić information content (AvgIpc) is 2.84. The van der Waals surface area contributed by atoms with Crippen LogP contribution in [0.5, 0.6) is 0 Å². The van der Waals surface area contributed by atoms with Crippen LogP contribution in [0.4, 0.5) is 0 Å². The number of amides is 1. The predicted molar refractivity (Wildman–Crippen MR) is 85.1 cm³/mol. The van der Waals surface area contributed by atoms with E-state index in [0.717, 1.165) is 25.8 Å². The highest BCUT2D eigenvalue weighted by Crippen LogP contribution is 2.32. The molecular weight excluding hydrogens is 260 g/mol. The van der Waals surface area contributed by atoms with Crippen molar-refractivity contribution in [3.05, 3.63) is 35.9 Å². The van der Waals surface area contributed by atoms with Gasteiger partial charge < -0.3 is 10.6 Å². The van der Waals surface area contributed by atoms with E-state index in [9.17, 15) is 4.79 Å². The highest BCUT2D eigenvalue weighted by molar-refractivity contribution is 5.76. The Balaban J connectivity index is 1.31. The van der Waals surface area contributed by atoms with Gasteiger partial charge in [0.05, 0.1) is 0 Å². The monoisotopic (exact) mass is 286 g/mol. The normalized spacial score (nSPS) is 27.5. The van der Waals surface area contributed by atoms with Gasteiger partial charge in [0.25, 0.3) is 0 Å². The molecule has 0 saturated carbocycles. The van der Waals surface area contributed by atoms with E-state index < -0.39 is 0 Å². The second-order valence-corrected chi connectivity index (χ2v) is 6.62. The van der Waals surface area contributed by atoms with Crippen LogP contribution >= 0.6 is 0 Å². The van der Waals surface area contributed by atoms with Gasteiger partial charge in [0.15, 0.2) is 0 Å². The number of aryl methyl sites for hydroxylation is 1. The van der Waals surface area contributed by atoms with E-state index in [-0.39, 0.29) is 5.91 Å². The molecule has 2 atom stereocenters. The first-order chi connectivity index (χ1) is 10.3. The van der Waals surface area contributed by atoms with Gasteiger partial charge in [-0.1, -0.05) is 30.3 Å². The Morgan fingerprint density at radius 2 is 1.86 bits per heavy atom. The SMILES string of the molecule is O=C(CC1CC2CCC(C1)N2)NCCCc1ccccc1. The fraction of sp³-hybridized carbons (Fsp3) is 0.611. The summed E-state index contributed by atoms with van der Waals surface area (Å²) >= 11 is 0. The lowest BCUT2D eigenvalue weighted by atomic mass is 9.89. The Kier molecular flexibility index (Phi) is 4.91. The fourth-order valence-corrected chi connectivity index (χ4v) is 3.84. The van der Waals surface area contributed by atoms with Crippen molar-refractivity contribution in [2.75, 3.05) is 6.54 Å². The first kappa shape index (κ1) is 14.6. The second-order valence-electron chi connectivity index (χ2n) is 6.62. The van der Waals surface area contributed by atoms with Crippen molar-refractivity contribution in [1.29, 1.82) is 0 Å². The predicted octanol–water partition coefficient (Wildman–Crippen LogP) is 2.66. The van der Waals surface area contributed by atoms with Crippen LogP contribution in [-0.4, -0.2) is 24.5 Å². The third-order valence-corrected chi connectivity index (χ3v) is 4.85. The molecule has 3 rings (SSSR count). The maximum atomic E-state index is 12.0. The first-order valence-corrected chi connectivity index (χ1v) is 8.36. The quantitative estimate of drug-likeness (QED) is 0.789. The van der Waals surface area contributed by atoms with Gasteiger partial charge in [-0.15, -0.1) is 0 Å². The average molecular weight is 286 g/mol. The van der Waals surface area contributed by atoms with E-state index in [1.54, 1.807) is 0 Å². The second kappa shape index (κ2) is 7.08. The number of fused-ring (bicyclic) bond motifs is 2. The maximum absolute atomic E-state index is 12.0. The summed E-state index contributed by atoms with van der Waals surface area (Å²) < 4.78 is 0. The molecule has 1 aromatic carbocycles. The summed E-state index contributed by atoms with van der Waals surface area (Å²) in [6.45, 7) is 0.797. The molecular formula is C18H26N2O. The van der Waals surface area contributed by atoms with Gasteiger partial charge in [-0.05, 0) is 50.0 Å². The van der Waals surface area contributed by atoms with Crippen molar-refractivity contribution in [2.24, 2.45) is 5.92 Å². The molecule has 2 aliphatic rings. The molecule has 21 heavy (non-hydrogen) atoms. The highest BCUT2D eigenvalue weighted by atomic mass is 16.1. The Morgan fingerprint density at radius 3 is 2.57 bits per heavy atom. The van der Waals surface area contributed by atoms with Crippen LogP contribution in [0.25, 0.3) is 0 Å². The van der Waals surface area contributed by atoms with Crippen LogP contribution in [0.15, 0.2) is 30.3 Å². The molecule has 2 heterocycles. The summed E-state index contributed by atoms with van der Waals surface area (Å²) in [5.41, 5.74) is 1.35. The molecule has 0 aromatic heterocycles. The Morgan fingerprint density at radius 1 is 1.14 bits per heavy atom. The first-order valence-electron chi connectivity index (χ1n) is 8.36. The minimum Gasteiger partial charge on any atom is -0.356 e. The molecule has 0 radical (unpaired) electrons. The third kappa shape index (κ3) is 4.31. The number of carbonyl (C=O) groups is 1. The number of benzene rings is 1. The van der Waals surface area contributed by atoms with Crippen LogP contribution < -0.4 is 10.6 Å². The van der Waals surface area contributed by atoms with Gasteiger partial charge >= 0.3 is 0 Å². The molecule has 2 unspecified atom stereocenters. The zero-order valence-electron chi connectivity index (χ0n) is 12.7. The topological polar surface area (TPSA) is 41.1 Å². The van der Waals surface area contributed by atoms with Crippen molar-refractivity contribution >= 4 is 5.91 Å². The molecule has 0 aliphatic carbocycles. The number of rotatable bonds is 6. The summed E-state index contributed by atoms with van der Waals surface area (Å²) in [6.07, 6.45) is 7.77. The van der Waals surface area contributed by atoms with Crippen molar-refractivity contribution in [3.63, 3.8) is 0 Å². The van der Waals surface area contributed by atoms with Crippen molar-refractivity contribution in [1.82, 2.24) is 10.6 Å². The number of hydrogen-bond acceptors (Lipinski definition) is 2. The molecule has 2 bridgehead atoms. The molecule has 3 heteroatoms. The lowest BCUT2D eigenvalue weighted by molar-refractivity contribution is -0.122. The van der Waals surface area contributed by atoms with Crippen LogP contribution in [0.2, 0.25) is 0 Å². The van der Waals surface area contributed by atoms with E-state index in [2.05, 4.69) is 34.9 Å². The molecule has 2 aliphatic heterocycles. The van der Waals surface area contributed by atoms with E-state index >= 15 is 0 Å². The van der Waals surface area contributed by atoms with E-state index in [0.29, 0.717) is 18.0 Å². The van der Waals surface area contributed by atoms with Crippen LogP contribution in [0, 0.1) is 5.92 Å². The third-order valence-electron chi connectivity index (χ3n) is 4.85. The minimum atomic E-state index is 0.245. The van der Waals surface area contributed by atoms with Gasteiger partial charge in [-0.2, -0.15) is 0 Å². The largest absolute Gasteiger partial charge is 0.356 e. The number of hydrogen-bond donors (Lipinski definition) is 2. The number of carbonyl (C=O) groups excluding carboxylic acids is 1. The Hall–Kier alpha value is -1.35. The summed E-state index contributed by atoms with van der Waals surface area (Å²) in [4.78, 5) is 12.0. The van der Waals surface area contributed by atoms with Gasteiger partial charge in [-0.25, -0.2) is 0 Å². The lowest BCUT2D eigenvalue weighted by Crippen LogP contribution is -2.39. The smallest absolute Gasteiger partial charge is 0.220 e. The molecule has 3 nitrogen and oxygen atoms in total. The molecule has 0 spiro atoms. The Bertz CT molecular complexity index is 448. The highest BCUT2D eigenvalue weighted by Gasteiger charge is 2.33. The van der Waals surface area contributed by atoms with Crippen LogP contribution in [0.3, 0.4) is 0 Å². The summed E-state index contributed by atoms with van der Waals surface area (Å²) in [5, 5.41) is 6.72.